The van der Waals surface area contributed by atoms with E-state index in [1.165, 1.54) is 0 Å². The number of carbonyl (C=O) groups is 1. The zero-order valence-electron chi connectivity index (χ0n) is 8.59. The van der Waals surface area contributed by atoms with Crippen molar-refractivity contribution in [3.63, 3.8) is 0 Å². The molecule has 0 spiro atoms. The van der Waals surface area contributed by atoms with Crippen LogP contribution in [0.5, 0.6) is 0 Å². The average Bonchev–Trinajstić information content (AvgIpc) is 2.28. The highest BCUT2D eigenvalue weighted by Crippen LogP contribution is 2.43. The number of ether oxygens (including phenoxy) is 1. The zero-order chi connectivity index (χ0) is 10.1. The minimum Gasteiger partial charge on any atom is -0.464 e. The topological polar surface area (TPSA) is 46.5 Å². The minimum absolute atomic E-state index is 0.0571. The van der Waals surface area contributed by atoms with E-state index in [0.717, 1.165) is 6.42 Å². The quantitative estimate of drug-likeness (QED) is 0.665. The van der Waals surface area contributed by atoms with Gasteiger partial charge in [-0.1, -0.05) is 13.8 Å². The number of hydrogen-bond acceptors (Lipinski definition) is 3. The first-order valence-electron chi connectivity index (χ1n) is 4.79. The van der Waals surface area contributed by atoms with Crippen LogP contribution in [0.15, 0.2) is 0 Å². The van der Waals surface area contributed by atoms with Gasteiger partial charge >= 0.3 is 5.97 Å². The normalized spacial score (nSPS) is 31.7. The van der Waals surface area contributed by atoms with E-state index in [9.17, 15) is 9.90 Å². The van der Waals surface area contributed by atoms with E-state index in [-0.39, 0.29) is 5.41 Å². The molecular weight excluding hydrogens is 168 g/mol. The third-order valence-electron chi connectivity index (χ3n) is 2.64. The molecule has 1 atom stereocenters. The van der Waals surface area contributed by atoms with Gasteiger partial charge in [0.1, 0.15) is 0 Å². The van der Waals surface area contributed by atoms with E-state index in [4.69, 9.17) is 4.74 Å². The Morgan fingerprint density at radius 2 is 2.08 bits per heavy atom. The van der Waals surface area contributed by atoms with Gasteiger partial charge in [-0.05, 0) is 31.6 Å². The Morgan fingerprint density at radius 3 is 2.46 bits per heavy atom. The van der Waals surface area contributed by atoms with Crippen molar-refractivity contribution in [1.29, 1.82) is 0 Å². The highest BCUT2D eigenvalue weighted by molar-refractivity contribution is 5.79. The second-order valence-corrected chi connectivity index (χ2v) is 4.59. The van der Waals surface area contributed by atoms with Crippen LogP contribution < -0.4 is 0 Å². The summed E-state index contributed by atoms with van der Waals surface area (Å²) in [5.74, 6) is -0.458. The molecule has 1 rings (SSSR count). The van der Waals surface area contributed by atoms with E-state index >= 15 is 0 Å². The highest BCUT2D eigenvalue weighted by atomic mass is 16.5. The van der Waals surface area contributed by atoms with Crippen LogP contribution in [0.3, 0.4) is 0 Å². The summed E-state index contributed by atoms with van der Waals surface area (Å²) in [5, 5.41) is 9.95. The summed E-state index contributed by atoms with van der Waals surface area (Å²) in [4.78, 5) is 11.4. The summed E-state index contributed by atoms with van der Waals surface area (Å²) in [6.45, 7) is 6.21. The Morgan fingerprint density at radius 1 is 1.46 bits per heavy atom. The first kappa shape index (κ1) is 10.5. The molecule has 76 valence electrons. The van der Waals surface area contributed by atoms with Crippen LogP contribution in [0.25, 0.3) is 0 Å². The molecule has 0 saturated heterocycles. The van der Waals surface area contributed by atoms with Crippen molar-refractivity contribution in [3.8, 4) is 0 Å². The molecule has 0 heterocycles. The maximum Gasteiger partial charge on any atom is 0.338 e. The van der Waals surface area contributed by atoms with Crippen molar-refractivity contribution in [1.82, 2.24) is 0 Å². The predicted molar refractivity (Wildman–Crippen MR) is 49.2 cm³/mol. The van der Waals surface area contributed by atoms with Crippen molar-refractivity contribution in [3.05, 3.63) is 0 Å². The van der Waals surface area contributed by atoms with Gasteiger partial charge in [-0.25, -0.2) is 4.79 Å². The lowest BCUT2D eigenvalue weighted by atomic mass is 9.89. The molecule has 1 aliphatic rings. The first-order valence-corrected chi connectivity index (χ1v) is 4.79. The lowest BCUT2D eigenvalue weighted by Crippen LogP contribution is -2.38. The van der Waals surface area contributed by atoms with E-state index in [0.29, 0.717) is 19.4 Å². The Kier molecular flexibility index (Phi) is 2.66. The first-order chi connectivity index (χ1) is 5.90. The van der Waals surface area contributed by atoms with Gasteiger partial charge < -0.3 is 9.84 Å². The van der Waals surface area contributed by atoms with Gasteiger partial charge in [0, 0.05) is 0 Å². The molecule has 0 aromatic rings. The van der Waals surface area contributed by atoms with Gasteiger partial charge in [0.25, 0.3) is 0 Å². The standard InChI is InChI=1S/C10H18O3/c1-4-13-8(11)10(12)6-5-9(2,3)7-10/h12H,4-7H2,1-3H3. The molecule has 0 amide bonds. The third kappa shape index (κ3) is 2.21. The molecule has 1 saturated carbocycles. The van der Waals surface area contributed by atoms with Gasteiger partial charge in [-0.2, -0.15) is 0 Å². The van der Waals surface area contributed by atoms with E-state index in [1.54, 1.807) is 6.92 Å². The third-order valence-corrected chi connectivity index (χ3v) is 2.64. The molecule has 0 aromatic heterocycles. The summed E-state index contributed by atoms with van der Waals surface area (Å²) >= 11 is 0. The van der Waals surface area contributed by atoms with Crippen LogP contribution in [0.2, 0.25) is 0 Å². The maximum atomic E-state index is 11.4. The Balaban J connectivity index is 2.64. The molecule has 13 heavy (non-hydrogen) atoms. The molecule has 3 heteroatoms. The van der Waals surface area contributed by atoms with E-state index in [1.807, 2.05) is 0 Å². The van der Waals surface area contributed by atoms with Crippen LogP contribution in [0, 0.1) is 5.41 Å². The fourth-order valence-corrected chi connectivity index (χ4v) is 1.95. The van der Waals surface area contributed by atoms with Gasteiger partial charge in [0.15, 0.2) is 5.60 Å². The smallest absolute Gasteiger partial charge is 0.338 e. The van der Waals surface area contributed by atoms with Gasteiger partial charge in [0.2, 0.25) is 0 Å². The maximum absolute atomic E-state index is 11.4. The summed E-state index contributed by atoms with van der Waals surface area (Å²) in [5.41, 5.74) is -1.17. The molecule has 1 fully saturated rings. The highest BCUT2D eigenvalue weighted by Gasteiger charge is 2.48. The molecule has 0 aromatic carbocycles. The van der Waals surface area contributed by atoms with Crippen molar-refractivity contribution in [2.75, 3.05) is 6.61 Å². The molecule has 3 nitrogen and oxygen atoms in total. The van der Waals surface area contributed by atoms with Crippen LogP contribution in [-0.4, -0.2) is 23.3 Å². The predicted octanol–water partition coefficient (Wildman–Crippen LogP) is 1.49. The number of hydrogen-bond donors (Lipinski definition) is 1. The summed E-state index contributed by atoms with van der Waals surface area (Å²) < 4.78 is 4.83. The van der Waals surface area contributed by atoms with Crippen molar-refractivity contribution >= 4 is 5.97 Å². The number of carbonyl (C=O) groups excluding carboxylic acids is 1. The lowest BCUT2D eigenvalue weighted by molar-refractivity contribution is -0.165. The minimum atomic E-state index is -1.22. The summed E-state index contributed by atoms with van der Waals surface area (Å²) in [6.07, 6.45) is 1.92. The van der Waals surface area contributed by atoms with Crippen LogP contribution in [-0.2, 0) is 9.53 Å². The molecule has 1 aliphatic carbocycles. The fraction of sp³-hybridized carbons (Fsp3) is 0.900. The summed E-state index contributed by atoms with van der Waals surface area (Å²) in [7, 11) is 0. The molecule has 0 radical (unpaired) electrons. The Bertz CT molecular complexity index is 210. The monoisotopic (exact) mass is 186 g/mol. The zero-order valence-corrected chi connectivity index (χ0v) is 8.59. The number of rotatable bonds is 2. The van der Waals surface area contributed by atoms with Crippen molar-refractivity contribution in [2.45, 2.75) is 45.6 Å². The SMILES string of the molecule is CCOC(=O)C1(O)CCC(C)(C)C1. The van der Waals surface area contributed by atoms with Crippen LogP contribution in [0.1, 0.15) is 40.0 Å². The lowest BCUT2D eigenvalue weighted by Gasteiger charge is -2.22. The Labute approximate surface area is 79.1 Å². The second-order valence-electron chi connectivity index (χ2n) is 4.59. The van der Waals surface area contributed by atoms with E-state index in [2.05, 4.69) is 13.8 Å². The largest absolute Gasteiger partial charge is 0.464 e. The van der Waals surface area contributed by atoms with Crippen LogP contribution >= 0.6 is 0 Å². The average molecular weight is 186 g/mol. The molecule has 1 N–H and O–H groups in total. The van der Waals surface area contributed by atoms with Crippen LogP contribution in [0.4, 0.5) is 0 Å². The Hall–Kier alpha value is -0.570. The molecule has 1 unspecified atom stereocenters. The van der Waals surface area contributed by atoms with Gasteiger partial charge in [0.05, 0.1) is 6.61 Å². The fourth-order valence-electron chi connectivity index (χ4n) is 1.95. The molecular formula is C10H18O3. The molecule has 0 bridgehead atoms. The van der Waals surface area contributed by atoms with Crippen molar-refractivity contribution < 1.29 is 14.6 Å². The van der Waals surface area contributed by atoms with Crippen molar-refractivity contribution in [2.24, 2.45) is 5.41 Å². The van der Waals surface area contributed by atoms with E-state index < -0.39 is 11.6 Å². The number of esters is 1. The summed E-state index contributed by atoms with van der Waals surface area (Å²) in [6, 6.07) is 0. The second kappa shape index (κ2) is 3.29. The van der Waals surface area contributed by atoms with Gasteiger partial charge in [-0.15, -0.1) is 0 Å². The number of aliphatic hydroxyl groups is 1. The van der Waals surface area contributed by atoms with Gasteiger partial charge in [-0.3, -0.25) is 0 Å². The molecule has 0 aliphatic heterocycles.